The summed E-state index contributed by atoms with van der Waals surface area (Å²) < 4.78 is 17.6. The van der Waals surface area contributed by atoms with Crippen LogP contribution in [0, 0.1) is 5.92 Å². The minimum Gasteiger partial charge on any atom is -0.479 e. The van der Waals surface area contributed by atoms with E-state index in [1.807, 2.05) is 0 Å². The first kappa shape index (κ1) is 12.5. The Morgan fingerprint density at radius 2 is 2.25 bits per heavy atom. The molecular weight excluding hydrogens is 217 g/mol. The van der Waals surface area contributed by atoms with Gasteiger partial charge in [-0.3, -0.25) is 0 Å². The molecule has 0 aliphatic heterocycles. The van der Waals surface area contributed by atoms with Crippen molar-refractivity contribution in [2.75, 3.05) is 6.61 Å². The van der Waals surface area contributed by atoms with E-state index in [4.69, 9.17) is 5.11 Å². The highest BCUT2D eigenvalue weighted by molar-refractivity contribution is 5.73. The van der Waals surface area contributed by atoms with E-state index in [1.54, 1.807) is 0 Å². The average Bonchev–Trinajstić information content (AvgIpc) is 2.18. The first-order valence-corrected chi connectivity index (χ1v) is 4.95. The van der Waals surface area contributed by atoms with Crippen molar-refractivity contribution in [1.29, 1.82) is 0 Å². The van der Waals surface area contributed by atoms with Gasteiger partial charge >= 0.3 is 12.1 Å². The molecule has 0 heterocycles. The molecule has 0 bridgehead atoms. The third kappa shape index (κ3) is 3.22. The number of nitrogens with one attached hydrogen (secondary N) is 1. The van der Waals surface area contributed by atoms with Crippen LogP contribution in [0.5, 0.6) is 0 Å². The maximum Gasteiger partial charge on any atom is 0.407 e. The molecule has 0 aromatic carbocycles. The van der Waals surface area contributed by atoms with Gasteiger partial charge < -0.3 is 15.2 Å². The van der Waals surface area contributed by atoms with Crippen molar-refractivity contribution in [3.63, 3.8) is 0 Å². The number of carbonyl (C=O) groups is 2. The van der Waals surface area contributed by atoms with Crippen LogP contribution in [0.2, 0.25) is 0 Å². The van der Waals surface area contributed by atoms with Gasteiger partial charge in [-0.2, -0.15) is 0 Å². The number of carbonyl (C=O) groups excluding carboxylic acids is 1. The lowest BCUT2D eigenvalue weighted by molar-refractivity contribution is -0.146. The molecule has 90 valence electrons. The van der Waals surface area contributed by atoms with E-state index in [9.17, 15) is 14.0 Å². The summed E-state index contributed by atoms with van der Waals surface area (Å²) in [6.07, 6.45) is -0.338. The van der Waals surface area contributed by atoms with E-state index in [-0.39, 0.29) is 12.6 Å². The Morgan fingerprint density at radius 1 is 1.62 bits per heavy atom. The Kier molecular flexibility index (Phi) is 4.28. The number of ether oxygens (including phenoxy) is 1. The zero-order valence-corrected chi connectivity index (χ0v) is 8.69. The van der Waals surface area contributed by atoms with Gasteiger partial charge in [0.1, 0.15) is 6.61 Å². The van der Waals surface area contributed by atoms with Crippen LogP contribution in [0.25, 0.3) is 0 Å². The fourth-order valence-electron chi connectivity index (χ4n) is 1.56. The molecule has 1 atom stereocenters. The summed E-state index contributed by atoms with van der Waals surface area (Å²) in [5, 5.41) is 10.9. The Balaban J connectivity index is 2.18. The van der Waals surface area contributed by atoms with Crippen molar-refractivity contribution in [2.24, 2.45) is 5.92 Å². The van der Waals surface area contributed by atoms with Gasteiger partial charge in [0, 0.05) is 12.0 Å². The lowest BCUT2D eigenvalue weighted by Crippen LogP contribution is -2.48. The topological polar surface area (TPSA) is 75.6 Å². The number of carboxylic acids is 1. The lowest BCUT2D eigenvalue weighted by atomic mass is 9.77. The summed E-state index contributed by atoms with van der Waals surface area (Å²) in [5.74, 6) is -1.96. The standard InChI is InChI=1S/C10H14FNO4/c1-2-3-16-10(15)12-7-4-6(5-7)8(11)9(13)14/h2,6-8H,1,3-5H2,(H,12,15)(H,13,14). The third-order valence-corrected chi connectivity index (χ3v) is 2.48. The fraction of sp³-hybridized carbons (Fsp3) is 0.600. The number of rotatable bonds is 5. The lowest BCUT2D eigenvalue weighted by Gasteiger charge is -2.35. The molecule has 1 aliphatic carbocycles. The zero-order valence-electron chi connectivity index (χ0n) is 8.69. The highest BCUT2D eigenvalue weighted by atomic mass is 19.1. The first-order valence-electron chi connectivity index (χ1n) is 4.95. The van der Waals surface area contributed by atoms with Crippen molar-refractivity contribution < 1.29 is 23.8 Å². The van der Waals surface area contributed by atoms with Gasteiger partial charge in [-0.1, -0.05) is 12.7 Å². The molecule has 0 aromatic heterocycles. The van der Waals surface area contributed by atoms with Crippen molar-refractivity contribution in [2.45, 2.75) is 25.1 Å². The van der Waals surface area contributed by atoms with Crippen LogP contribution < -0.4 is 5.32 Å². The van der Waals surface area contributed by atoms with Gasteiger partial charge in [-0.15, -0.1) is 0 Å². The number of alkyl halides is 1. The Morgan fingerprint density at radius 3 is 2.75 bits per heavy atom. The maximum atomic E-state index is 12.9. The fourth-order valence-corrected chi connectivity index (χ4v) is 1.56. The molecule has 0 spiro atoms. The van der Waals surface area contributed by atoms with Gasteiger partial charge in [-0.05, 0) is 12.8 Å². The molecule has 1 amide bonds. The largest absolute Gasteiger partial charge is 0.479 e. The molecule has 1 saturated carbocycles. The predicted octanol–water partition coefficient (Wildman–Crippen LogP) is 1.10. The molecule has 0 aromatic rings. The van der Waals surface area contributed by atoms with Gasteiger partial charge in [-0.25, -0.2) is 14.0 Å². The van der Waals surface area contributed by atoms with Gasteiger partial charge in [0.05, 0.1) is 0 Å². The molecule has 5 nitrogen and oxygen atoms in total. The first-order chi connectivity index (χ1) is 7.54. The van der Waals surface area contributed by atoms with Crippen LogP contribution in [0.3, 0.4) is 0 Å². The average molecular weight is 231 g/mol. The molecule has 16 heavy (non-hydrogen) atoms. The van der Waals surface area contributed by atoms with Crippen LogP contribution in [0.15, 0.2) is 12.7 Å². The summed E-state index contributed by atoms with van der Waals surface area (Å²) in [6, 6.07) is -0.195. The van der Waals surface area contributed by atoms with Crippen LogP contribution in [0.1, 0.15) is 12.8 Å². The normalized spacial score (nSPS) is 25.1. The summed E-state index contributed by atoms with van der Waals surface area (Å²) in [5.41, 5.74) is 0. The quantitative estimate of drug-likeness (QED) is 0.695. The molecule has 0 radical (unpaired) electrons. The molecule has 6 heteroatoms. The third-order valence-electron chi connectivity index (χ3n) is 2.48. The molecule has 1 rings (SSSR count). The van der Waals surface area contributed by atoms with E-state index in [1.165, 1.54) is 6.08 Å². The van der Waals surface area contributed by atoms with Gasteiger partial charge in [0.15, 0.2) is 6.17 Å². The van der Waals surface area contributed by atoms with E-state index >= 15 is 0 Å². The second-order valence-corrected chi connectivity index (χ2v) is 3.70. The smallest absolute Gasteiger partial charge is 0.407 e. The van der Waals surface area contributed by atoms with Crippen molar-refractivity contribution in [1.82, 2.24) is 5.32 Å². The molecular formula is C10H14FNO4. The maximum absolute atomic E-state index is 12.9. The number of hydrogen-bond acceptors (Lipinski definition) is 3. The molecule has 1 fully saturated rings. The van der Waals surface area contributed by atoms with Crippen LogP contribution in [-0.4, -0.2) is 36.0 Å². The highest BCUT2D eigenvalue weighted by Gasteiger charge is 2.39. The number of aliphatic carboxylic acids is 1. The monoisotopic (exact) mass is 231 g/mol. The zero-order chi connectivity index (χ0) is 12.1. The van der Waals surface area contributed by atoms with Crippen molar-refractivity contribution in [3.8, 4) is 0 Å². The number of alkyl carbamates (subject to hydrolysis) is 1. The molecule has 0 saturated heterocycles. The van der Waals surface area contributed by atoms with Crippen LogP contribution in [-0.2, 0) is 9.53 Å². The minimum absolute atomic E-state index is 0.114. The van der Waals surface area contributed by atoms with Gasteiger partial charge in [0.25, 0.3) is 0 Å². The molecule has 1 aliphatic rings. The Bertz CT molecular complexity index is 289. The summed E-state index contributed by atoms with van der Waals surface area (Å²) in [6.45, 7) is 3.49. The van der Waals surface area contributed by atoms with Crippen LogP contribution in [0.4, 0.5) is 9.18 Å². The van der Waals surface area contributed by atoms with E-state index in [2.05, 4.69) is 16.6 Å². The van der Waals surface area contributed by atoms with Gasteiger partial charge in [0.2, 0.25) is 0 Å². The number of hydrogen-bond donors (Lipinski definition) is 2. The van der Waals surface area contributed by atoms with E-state index < -0.39 is 24.2 Å². The van der Waals surface area contributed by atoms with Crippen LogP contribution >= 0.6 is 0 Å². The van der Waals surface area contributed by atoms with Crippen molar-refractivity contribution in [3.05, 3.63) is 12.7 Å². The second kappa shape index (κ2) is 5.48. The minimum atomic E-state index is -1.85. The molecule has 2 N–H and O–H groups in total. The predicted molar refractivity (Wildman–Crippen MR) is 53.7 cm³/mol. The SMILES string of the molecule is C=CCOC(=O)NC1CC(C(F)C(=O)O)C1. The Labute approximate surface area is 92.3 Å². The van der Waals surface area contributed by atoms with E-state index in [0.29, 0.717) is 12.8 Å². The number of halogens is 1. The van der Waals surface area contributed by atoms with Crippen molar-refractivity contribution >= 4 is 12.1 Å². The summed E-state index contributed by atoms with van der Waals surface area (Å²) in [4.78, 5) is 21.3. The summed E-state index contributed by atoms with van der Waals surface area (Å²) in [7, 11) is 0. The number of carboxylic acid groups (broad SMARTS) is 1. The Hall–Kier alpha value is -1.59. The molecule has 1 unspecified atom stereocenters. The highest BCUT2D eigenvalue weighted by Crippen LogP contribution is 2.32. The number of amides is 1. The van der Waals surface area contributed by atoms with E-state index in [0.717, 1.165) is 0 Å². The second-order valence-electron chi connectivity index (χ2n) is 3.70. The summed E-state index contributed by atoms with van der Waals surface area (Å²) >= 11 is 0.